The molecule has 24 heavy (non-hydrogen) atoms. The van der Waals surface area contributed by atoms with Crippen molar-refractivity contribution in [3.8, 4) is 0 Å². The third-order valence-corrected chi connectivity index (χ3v) is 3.88. The molecule has 0 saturated heterocycles. The van der Waals surface area contributed by atoms with Gasteiger partial charge in [0.05, 0.1) is 29.4 Å². The van der Waals surface area contributed by atoms with E-state index in [0.29, 0.717) is 18.1 Å². The van der Waals surface area contributed by atoms with Crippen LogP contribution in [0.15, 0.2) is 57.9 Å². The molecule has 0 atom stereocenters. The lowest BCUT2D eigenvalue weighted by atomic mass is 10.1. The molecule has 0 fully saturated rings. The van der Waals surface area contributed by atoms with E-state index in [9.17, 15) is 0 Å². The molecule has 0 saturated carbocycles. The van der Waals surface area contributed by atoms with Gasteiger partial charge in [0.25, 0.3) is 0 Å². The van der Waals surface area contributed by atoms with Gasteiger partial charge in [0.2, 0.25) is 0 Å². The van der Waals surface area contributed by atoms with E-state index in [1.807, 2.05) is 25.1 Å². The van der Waals surface area contributed by atoms with E-state index in [4.69, 9.17) is 15.5 Å². The number of rotatable bonds is 6. The highest BCUT2D eigenvalue weighted by molar-refractivity contribution is 6.51. The van der Waals surface area contributed by atoms with E-state index in [0.717, 1.165) is 30.2 Å². The Morgan fingerprint density at radius 3 is 2.21 bits per heavy atom. The van der Waals surface area contributed by atoms with E-state index in [1.165, 1.54) is 5.69 Å². The fourth-order valence-corrected chi connectivity index (χ4v) is 2.59. The first-order valence-corrected chi connectivity index (χ1v) is 8.35. The van der Waals surface area contributed by atoms with Crippen LogP contribution in [0.4, 0.5) is 11.4 Å². The third-order valence-electron chi connectivity index (χ3n) is 3.88. The van der Waals surface area contributed by atoms with Crippen molar-refractivity contribution < 1.29 is 4.74 Å². The first-order valence-electron chi connectivity index (χ1n) is 8.35. The molecular formula is C19H26N4O. The van der Waals surface area contributed by atoms with Gasteiger partial charge >= 0.3 is 0 Å². The van der Waals surface area contributed by atoms with Crippen molar-refractivity contribution >= 4 is 22.8 Å². The van der Waals surface area contributed by atoms with Crippen molar-refractivity contribution in [1.29, 1.82) is 0 Å². The summed E-state index contributed by atoms with van der Waals surface area (Å²) in [7, 11) is 1.73. The Kier molecular flexibility index (Phi) is 6.18. The molecule has 1 aliphatic carbocycles. The van der Waals surface area contributed by atoms with Gasteiger partial charge in [-0.1, -0.05) is 0 Å². The van der Waals surface area contributed by atoms with Gasteiger partial charge in [-0.25, -0.2) is 4.99 Å². The van der Waals surface area contributed by atoms with Crippen LogP contribution in [0.3, 0.4) is 0 Å². The lowest BCUT2D eigenvalue weighted by molar-refractivity contribution is 0.237. The number of ether oxygens (including phenoxy) is 1. The molecule has 1 aromatic rings. The van der Waals surface area contributed by atoms with Crippen molar-refractivity contribution in [1.82, 2.24) is 0 Å². The first-order chi connectivity index (χ1) is 11.6. The third kappa shape index (κ3) is 4.04. The van der Waals surface area contributed by atoms with Crippen LogP contribution in [0.1, 0.15) is 20.8 Å². The summed E-state index contributed by atoms with van der Waals surface area (Å²) in [4.78, 5) is 11.3. The minimum Gasteiger partial charge on any atom is -0.492 e. The molecule has 5 heteroatoms. The van der Waals surface area contributed by atoms with E-state index in [-0.39, 0.29) is 0 Å². The highest BCUT2D eigenvalue weighted by Crippen LogP contribution is 2.22. The van der Waals surface area contributed by atoms with Gasteiger partial charge in [0.15, 0.2) is 0 Å². The van der Waals surface area contributed by atoms with Gasteiger partial charge in [0, 0.05) is 31.9 Å². The molecule has 0 heterocycles. The molecule has 0 spiro atoms. The van der Waals surface area contributed by atoms with Crippen LogP contribution in [0.2, 0.25) is 0 Å². The predicted molar refractivity (Wildman–Crippen MR) is 102 cm³/mol. The molecule has 0 radical (unpaired) electrons. The number of nitrogens with two attached hydrogens (primary N) is 1. The Labute approximate surface area is 144 Å². The first kappa shape index (κ1) is 17.8. The van der Waals surface area contributed by atoms with E-state index in [1.54, 1.807) is 13.1 Å². The summed E-state index contributed by atoms with van der Waals surface area (Å²) in [5.74, 6) is 0.642. The minimum absolute atomic E-state index is 0.560. The van der Waals surface area contributed by atoms with Gasteiger partial charge in [0.1, 0.15) is 5.76 Å². The van der Waals surface area contributed by atoms with Gasteiger partial charge < -0.3 is 15.4 Å². The van der Waals surface area contributed by atoms with Crippen LogP contribution < -0.4 is 10.6 Å². The maximum atomic E-state index is 6.00. The zero-order chi connectivity index (χ0) is 17.5. The van der Waals surface area contributed by atoms with Crippen molar-refractivity contribution in [3.05, 3.63) is 47.9 Å². The number of allylic oxidation sites excluding steroid dienone is 2. The van der Waals surface area contributed by atoms with Crippen molar-refractivity contribution in [2.75, 3.05) is 31.6 Å². The standard InChI is InChI=1S/C19H26N4O/c1-5-23(6-2)15-10-8-14(9-11-15)22-18-13-19(24-7-3)16(20)12-17(18)21-4/h8-13H,5-7,20H2,1-4H3. The van der Waals surface area contributed by atoms with Gasteiger partial charge in [-0.3, -0.25) is 4.99 Å². The van der Waals surface area contributed by atoms with Crippen LogP contribution in [-0.2, 0) is 4.74 Å². The number of anilines is 1. The van der Waals surface area contributed by atoms with Gasteiger partial charge in [-0.2, -0.15) is 0 Å². The van der Waals surface area contributed by atoms with Crippen molar-refractivity contribution in [2.24, 2.45) is 15.7 Å². The molecule has 5 nitrogen and oxygen atoms in total. The second kappa shape index (κ2) is 8.34. The summed E-state index contributed by atoms with van der Waals surface area (Å²) >= 11 is 0. The monoisotopic (exact) mass is 326 g/mol. The lowest BCUT2D eigenvalue weighted by Crippen LogP contribution is -2.21. The molecule has 2 rings (SSSR count). The summed E-state index contributed by atoms with van der Waals surface area (Å²) in [6.07, 6.45) is 3.65. The molecule has 0 amide bonds. The Balaban J connectivity index is 2.31. The number of hydrogen-bond acceptors (Lipinski definition) is 5. The molecular weight excluding hydrogens is 300 g/mol. The predicted octanol–water partition coefficient (Wildman–Crippen LogP) is 3.45. The van der Waals surface area contributed by atoms with Crippen LogP contribution in [0, 0.1) is 0 Å². The maximum absolute atomic E-state index is 6.00. The molecule has 1 aliphatic rings. The Bertz CT molecular complexity index is 680. The van der Waals surface area contributed by atoms with Crippen LogP contribution >= 0.6 is 0 Å². The highest BCUT2D eigenvalue weighted by Gasteiger charge is 2.16. The molecule has 0 aromatic heterocycles. The topological polar surface area (TPSA) is 63.2 Å². The van der Waals surface area contributed by atoms with E-state index < -0.39 is 0 Å². The number of hydrogen-bond donors (Lipinski definition) is 1. The zero-order valence-electron chi connectivity index (χ0n) is 14.9. The van der Waals surface area contributed by atoms with Gasteiger partial charge in [-0.05, 0) is 51.1 Å². The average Bonchev–Trinajstić information content (AvgIpc) is 2.60. The van der Waals surface area contributed by atoms with Crippen LogP contribution in [0.25, 0.3) is 0 Å². The molecule has 0 unspecified atom stereocenters. The number of benzene rings is 1. The normalized spacial score (nSPS) is 17.7. The number of aliphatic imine (C=N–C) groups is 2. The van der Waals surface area contributed by atoms with Crippen molar-refractivity contribution in [2.45, 2.75) is 20.8 Å². The largest absolute Gasteiger partial charge is 0.492 e. The quantitative estimate of drug-likeness (QED) is 0.814. The zero-order valence-corrected chi connectivity index (χ0v) is 14.9. The molecule has 128 valence electrons. The summed E-state index contributed by atoms with van der Waals surface area (Å²) in [6.45, 7) is 8.77. The highest BCUT2D eigenvalue weighted by atomic mass is 16.5. The second-order valence-corrected chi connectivity index (χ2v) is 5.34. The average molecular weight is 326 g/mol. The Morgan fingerprint density at radius 1 is 1.00 bits per heavy atom. The Hall–Kier alpha value is -2.56. The second-order valence-electron chi connectivity index (χ2n) is 5.34. The van der Waals surface area contributed by atoms with Gasteiger partial charge in [-0.15, -0.1) is 0 Å². The molecule has 0 aliphatic heterocycles. The van der Waals surface area contributed by atoms with E-state index in [2.05, 4.69) is 35.9 Å². The summed E-state index contributed by atoms with van der Waals surface area (Å²) < 4.78 is 5.56. The lowest BCUT2D eigenvalue weighted by Gasteiger charge is -2.21. The van der Waals surface area contributed by atoms with Crippen LogP contribution in [0.5, 0.6) is 0 Å². The fraction of sp³-hybridized carbons (Fsp3) is 0.368. The van der Waals surface area contributed by atoms with E-state index >= 15 is 0 Å². The molecule has 0 bridgehead atoms. The van der Waals surface area contributed by atoms with Crippen LogP contribution in [-0.4, -0.2) is 38.2 Å². The minimum atomic E-state index is 0.560. The summed E-state index contributed by atoms with van der Waals surface area (Å²) in [5, 5.41) is 0. The summed E-state index contributed by atoms with van der Waals surface area (Å²) in [6, 6.07) is 8.22. The number of nitrogens with zero attached hydrogens (tertiary/aromatic N) is 3. The fourth-order valence-electron chi connectivity index (χ4n) is 2.59. The van der Waals surface area contributed by atoms with Crippen molar-refractivity contribution in [3.63, 3.8) is 0 Å². The Morgan fingerprint density at radius 2 is 1.67 bits per heavy atom. The SMILES string of the molecule is CCOC1=CC(=Nc2ccc(N(CC)CC)cc2)C(=NC)C=C1N. The smallest absolute Gasteiger partial charge is 0.144 e. The molecule has 1 aromatic carbocycles. The maximum Gasteiger partial charge on any atom is 0.144 e. The molecule has 2 N–H and O–H groups in total. The summed E-state index contributed by atoms with van der Waals surface area (Å²) in [5.41, 5.74) is 10.2.